The van der Waals surface area contributed by atoms with E-state index in [1.165, 1.54) is 10.9 Å². The average molecular weight is 453 g/mol. The molecule has 0 bridgehead atoms. The molecule has 1 amide bonds. The molecule has 2 aromatic heterocycles. The molecule has 29 heavy (non-hydrogen) atoms. The van der Waals surface area contributed by atoms with Crippen LogP contribution in [0, 0.1) is 0 Å². The fourth-order valence-corrected chi connectivity index (χ4v) is 3.41. The summed E-state index contributed by atoms with van der Waals surface area (Å²) in [4.78, 5) is 29.1. The molecule has 4 aromatic rings. The maximum atomic E-state index is 12.7. The van der Waals surface area contributed by atoms with Crippen molar-refractivity contribution in [3.8, 4) is 11.3 Å². The van der Waals surface area contributed by atoms with Crippen molar-refractivity contribution in [3.05, 3.63) is 81.3 Å². The summed E-state index contributed by atoms with van der Waals surface area (Å²) in [6.45, 7) is 0.625. The van der Waals surface area contributed by atoms with Crippen LogP contribution in [0.15, 0.2) is 74.7 Å². The quantitative estimate of drug-likeness (QED) is 0.483. The average Bonchev–Trinajstić information content (AvgIpc) is 3.17. The lowest BCUT2D eigenvalue weighted by Gasteiger charge is -2.07. The van der Waals surface area contributed by atoms with Crippen molar-refractivity contribution in [2.45, 2.75) is 19.5 Å². The Balaban J connectivity index is 1.44. The van der Waals surface area contributed by atoms with Gasteiger partial charge in [-0.3, -0.25) is 14.2 Å². The third-order valence-corrected chi connectivity index (χ3v) is 4.95. The number of hydrogen-bond acceptors (Lipinski definition) is 5. The second-order valence-electron chi connectivity index (χ2n) is 6.47. The molecule has 0 saturated carbocycles. The number of aryl methyl sites for hydroxylation is 1. The van der Waals surface area contributed by atoms with Gasteiger partial charge in [0.05, 0.1) is 6.33 Å². The number of aromatic nitrogens is 3. The fourth-order valence-electron chi connectivity index (χ4n) is 2.96. The van der Waals surface area contributed by atoms with Crippen molar-refractivity contribution in [2.75, 3.05) is 0 Å². The first-order valence-corrected chi connectivity index (χ1v) is 9.82. The molecular formula is C21H17BrN4O3. The number of nitrogens with zero attached hydrogens (tertiary/aromatic N) is 3. The van der Waals surface area contributed by atoms with Gasteiger partial charge < -0.3 is 9.84 Å². The summed E-state index contributed by atoms with van der Waals surface area (Å²) < 4.78 is 7.57. The van der Waals surface area contributed by atoms with E-state index in [-0.39, 0.29) is 30.0 Å². The van der Waals surface area contributed by atoms with Crippen LogP contribution in [0.1, 0.15) is 12.0 Å². The minimum atomic E-state index is -0.357. The van der Waals surface area contributed by atoms with E-state index in [9.17, 15) is 9.59 Å². The zero-order chi connectivity index (χ0) is 20.2. The Hall–Kier alpha value is -3.26. The number of hydrogen-bond donors (Lipinski definition) is 1. The van der Waals surface area contributed by atoms with Crippen molar-refractivity contribution < 1.29 is 9.32 Å². The SMILES string of the molecule is O=C(CCn1cnc2c(-c3ccccc3)noc2c1=O)NCc1cccc(Br)c1. The predicted molar refractivity (Wildman–Crippen MR) is 112 cm³/mol. The molecule has 146 valence electrons. The number of benzene rings is 2. The molecule has 0 unspecified atom stereocenters. The molecule has 2 heterocycles. The van der Waals surface area contributed by atoms with Crippen LogP contribution >= 0.6 is 15.9 Å². The zero-order valence-corrected chi connectivity index (χ0v) is 16.9. The topological polar surface area (TPSA) is 90.0 Å². The molecule has 0 radical (unpaired) electrons. The predicted octanol–water partition coefficient (Wildman–Crippen LogP) is 3.52. The Kier molecular flexibility index (Phi) is 5.53. The van der Waals surface area contributed by atoms with Crippen LogP contribution in [0.5, 0.6) is 0 Å². The molecule has 0 saturated heterocycles. The minimum absolute atomic E-state index is 0.0842. The molecule has 0 aliphatic carbocycles. The van der Waals surface area contributed by atoms with Crippen LogP contribution in [-0.4, -0.2) is 20.6 Å². The van der Waals surface area contributed by atoms with E-state index in [0.717, 1.165) is 15.6 Å². The lowest BCUT2D eigenvalue weighted by atomic mass is 10.1. The third kappa shape index (κ3) is 4.27. The monoisotopic (exact) mass is 452 g/mol. The van der Waals surface area contributed by atoms with Crippen LogP contribution in [0.2, 0.25) is 0 Å². The van der Waals surface area contributed by atoms with Gasteiger partial charge in [0.2, 0.25) is 5.91 Å². The molecule has 4 rings (SSSR count). The van der Waals surface area contributed by atoms with Crippen molar-refractivity contribution in [2.24, 2.45) is 0 Å². The molecular weight excluding hydrogens is 436 g/mol. The minimum Gasteiger partial charge on any atom is -0.352 e. The Labute approximate surface area is 174 Å². The Morgan fingerprint density at radius 2 is 1.97 bits per heavy atom. The summed E-state index contributed by atoms with van der Waals surface area (Å²) in [6.07, 6.45) is 1.58. The van der Waals surface area contributed by atoms with Crippen LogP contribution in [-0.2, 0) is 17.9 Å². The molecule has 0 spiro atoms. The maximum Gasteiger partial charge on any atom is 0.299 e. The number of carbonyl (C=O) groups excluding carboxylic acids is 1. The normalized spacial score (nSPS) is 10.9. The lowest BCUT2D eigenvalue weighted by Crippen LogP contribution is -2.27. The Morgan fingerprint density at radius 1 is 1.14 bits per heavy atom. The lowest BCUT2D eigenvalue weighted by molar-refractivity contribution is -0.121. The number of rotatable bonds is 6. The van der Waals surface area contributed by atoms with Gasteiger partial charge in [-0.2, -0.15) is 0 Å². The van der Waals surface area contributed by atoms with E-state index < -0.39 is 0 Å². The van der Waals surface area contributed by atoms with E-state index in [4.69, 9.17) is 4.52 Å². The standard InChI is InChI=1S/C21H17BrN4O3/c22-16-8-4-5-14(11-16)12-23-17(27)9-10-26-13-24-19-18(15-6-2-1-3-7-15)25-29-20(19)21(26)28/h1-8,11,13H,9-10,12H2,(H,23,27). The second-order valence-corrected chi connectivity index (χ2v) is 7.39. The first-order chi connectivity index (χ1) is 14.1. The summed E-state index contributed by atoms with van der Waals surface area (Å²) in [5.41, 5.74) is 2.48. The van der Waals surface area contributed by atoms with Gasteiger partial charge >= 0.3 is 0 Å². The van der Waals surface area contributed by atoms with Gasteiger partial charge in [0.15, 0.2) is 0 Å². The van der Waals surface area contributed by atoms with Crippen molar-refractivity contribution in [1.29, 1.82) is 0 Å². The smallest absolute Gasteiger partial charge is 0.299 e. The van der Waals surface area contributed by atoms with Gasteiger partial charge in [-0.25, -0.2) is 4.98 Å². The molecule has 0 aliphatic rings. The number of halogens is 1. The van der Waals surface area contributed by atoms with Gasteiger partial charge in [0, 0.05) is 29.5 Å². The van der Waals surface area contributed by atoms with E-state index in [0.29, 0.717) is 17.8 Å². The van der Waals surface area contributed by atoms with Gasteiger partial charge in [-0.05, 0) is 17.7 Å². The fraction of sp³-hybridized carbons (Fsp3) is 0.143. The maximum absolute atomic E-state index is 12.7. The number of fused-ring (bicyclic) bond motifs is 1. The molecule has 0 atom stereocenters. The van der Waals surface area contributed by atoms with Crippen LogP contribution in [0.25, 0.3) is 22.4 Å². The molecule has 1 N–H and O–H groups in total. The summed E-state index contributed by atoms with van der Waals surface area (Å²) in [5, 5.41) is 6.85. The van der Waals surface area contributed by atoms with E-state index in [1.54, 1.807) is 0 Å². The molecule has 7 nitrogen and oxygen atoms in total. The van der Waals surface area contributed by atoms with Crippen LogP contribution in [0.4, 0.5) is 0 Å². The van der Waals surface area contributed by atoms with Gasteiger partial charge in [0.1, 0.15) is 11.2 Å². The largest absolute Gasteiger partial charge is 0.352 e. The highest BCUT2D eigenvalue weighted by Gasteiger charge is 2.16. The van der Waals surface area contributed by atoms with Gasteiger partial charge in [-0.15, -0.1) is 0 Å². The molecule has 0 fully saturated rings. The van der Waals surface area contributed by atoms with E-state index in [1.807, 2.05) is 54.6 Å². The molecule has 8 heteroatoms. The Bertz CT molecular complexity index is 1220. The second kappa shape index (κ2) is 8.40. The molecule has 0 aliphatic heterocycles. The van der Waals surface area contributed by atoms with Gasteiger partial charge in [-0.1, -0.05) is 63.6 Å². The Morgan fingerprint density at radius 3 is 2.76 bits per heavy atom. The number of amides is 1. The van der Waals surface area contributed by atoms with Crippen molar-refractivity contribution >= 4 is 32.9 Å². The summed E-state index contributed by atoms with van der Waals surface area (Å²) >= 11 is 3.40. The van der Waals surface area contributed by atoms with Crippen molar-refractivity contribution in [3.63, 3.8) is 0 Å². The van der Waals surface area contributed by atoms with E-state index >= 15 is 0 Å². The van der Waals surface area contributed by atoms with Crippen molar-refractivity contribution in [1.82, 2.24) is 20.0 Å². The number of carbonyl (C=O) groups is 1. The van der Waals surface area contributed by atoms with Crippen LogP contribution < -0.4 is 10.9 Å². The van der Waals surface area contributed by atoms with Crippen LogP contribution in [0.3, 0.4) is 0 Å². The van der Waals surface area contributed by atoms with Gasteiger partial charge in [0.25, 0.3) is 11.1 Å². The highest BCUT2D eigenvalue weighted by molar-refractivity contribution is 9.10. The summed E-state index contributed by atoms with van der Waals surface area (Å²) in [7, 11) is 0. The number of nitrogens with one attached hydrogen (secondary N) is 1. The summed E-state index contributed by atoms with van der Waals surface area (Å²) in [5.74, 6) is -0.153. The summed E-state index contributed by atoms with van der Waals surface area (Å²) in [6, 6.07) is 17.1. The zero-order valence-electron chi connectivity index (χ0n) is 15.3. The molecule has 2 aromatic carbocycles. The third-order valence-electron chi connectivity index (χ3n) is 4.45. The van der Waals surface area contributed by atoms with E-state index in [2.05, 4.69) is 31.4 Å². The first-order valence-electron chi connectivity index (χ1n) is 9.03. The highest BCUT2D eigenvalue weighted by atomic mass is 79.9. The first kappa shape index (κ1) is 19.1. The highest BCUT2D eigenvalue weighted by Crippen LogP contribution is 2.23.